The third-order valence-electron chi connectivity index (χ3n) is 5.92. The van der Waals surface area contributed by atoms with Crippen molar-refractivity contribution in [1.29, 1.82) is 0 Å². The van der Waals surface area contributed by atoms with Crippen LogP contribution in [0.25, 0.3) is 11.1 Å². The first-order valence-electron chi connectivity index (χ1n) is 11.5. The summed E-state index contributed by atoms with van der Waals surface area (Å²) in [5, 5.41) is 0. The van der Waals surface area contributed by atoms with Gasteiger partial charge in [-0.25, -0.2) is 0 Å². The van der Waals surface area contributed by atoms with Gasteiger partial charge in [-0.2, -0.15) is 0 Å². The number of hydrogen-bond acceptors (Lipinski definition) is 5. The van der Waals surface area contributed by atoms with Gasteiger partial charge in [-0.3, -0.25) is 4.79 Å². The second kappa shape index (κ2) is 12.1. The molecule has 0 aliphatic heterocycles. The van der Waals surface area contributed by atoms with Gasteiger partial charge in [0, 0.05) is 12.3 Å². The molecule has 0 saturated heterocycles. The van der Waals surface area contributed by atoms with Gasteiger partial charge >= 0.3 is 5.97 Å². The van der Waals surface area contributed by atoms with Crippen molar-refractivity contribution in [1.82, 2.24) is 0 Å². The minimum absolute atomic E-state index is 0.00317. The number of benzene rings is 2. The van der Waals surface area contributed by atoms with E-state index in [1.54, 1.807) is 0 Å². The molecule has 32 heavy (non-hydrogen) atoms. The molecule has 0 bridgehead atoms. The van der Waals surface area contributed by atoms with Crippen molar-refractivity contribution in [2.75, 3.05) is 12.9 Å². The molecule has 0 amide bonds. The standard InChI is InChI=1S/C27H35NO3S/c1-4-8-26(28)25(19(2)13-27(29)30-18-20-11-12-20)16-21-14-23(17-24(15-21)31-32-3)22-9-6-5-7-10-22/h5-7,9-10,14-15,17,20,25-26H,2,4,8,11-13,16,18,28H2,1,3H3. The first-order valence-corrected chi connectivity index (χ1v) is 12.6. The molecule has 1 fully saturated rings. The zero-order valence-corrected chi connectivity index (χ0v) is 20.0. The molecule has 1 saturated carbocycles. The van der Waals surface area contributed by atoms with Gasteiger partial charge in [0.1, 0.15) is 5.75 Å². The number of hydrogen-bond donors (Lipinski definition) is 1. The van der Waals surface area contributed by atoms with Crippen LogP contribution in [0.4, 0.5) is 0 Å². The zero-order chi connectivity index (χ0) is 22.9. The lowest BCUT2D eigenvalue weighted by atomic mass is 9.83. The third-order valence-corrected chi connectivity index (χ3v) is 6.28. The van der Waals surface area contributed by atoms with Crippen LogP contribution < -0.4 is 9.92 Å². The first kappa shape index (κ1) is 24.4. The van der Waals surface area contributed by atoms with Crippen molar-refractivity contribution in [3.8, 4) is 16.9 Å². The summed E-state index contributed by atoms with van der Waals surface area (Å²) >= 11 is 1.32. The van der Waals surface area contributed by atoms with E-state index >= 15 is 0 Å². The average molecular weight is 454 g/mol. The van der Waals surface area contributed by atoms with Crippen molar-refractivity contribution in [2.45, 2.75) is 51.5 Å². The predicted octanol–water partition coefficient (Wildman–Crippen LogP) is 6.20. The van der Waals surface area contributed by atoms with Gasteiger partial charge in [0.05, 0.1) is 25.1 Å². The van der Waals surface area contributed by atoms with Crippen LogP contribution in [-0.2, 0) is 16.0 Å². The highest BCUT2D eigenvalue weighted by Gasteiger charge is 2.26. The molecule has 0 radical (unpaired) electrons. The quantitative estimate of drug-likeness (QED) is 0.222. The van der Waals surface area contributed by atoms with Gasteiger partial charge in [0.25, 0.3) is 0 Å². The molecule has 1 aliphatic rings. The molecule has 1 aliphatic carbocycles. The van der Waals surface area contributed by atoms with Crippen LogP contribution in [0.2, 0.25) is 0 Å². The molecule has 2 atom stereocenters. The highest BCUT2D eigenvalue weighted by molar-refractivity contribution is 7.94. The van der Waals surface area contributed by atoms with E-state index in [0.717, 1.165) is 53.7 Å². The largest absolute Gasteiger partial charge is 0.465 e. The Balaban J connectivity index is 1.79. The molecule has 0 aromatic heterocycles. The van der Waals surface area contributed by atoms with E-state index in [0.29, 0.717) is 18.9 Å². The number of carbonyl (C=O) groups is 1. The Morgan fingerprint density at radius 1 is 1.19 bits per heavy atom. The lowest BCUT2D eigenvalue weighted by molar-refractivity contribution is -0.143. The summed E-state index contributed by atoms with van der Waals surface area (Å²) in [6.07, 6.45) is 7.04. The van der Waals surface area contributed by atoms with Gasteiger partial charge in [-0.15, -0.1) is 0 Å². The van der Waals surface area contributed by atoms with E-state index in [1.165, 1.54) is 12.0 Å². The number of esters is 1. The molecule has 0 spiro atoms. The molecule has 2 aromatic carbocycles. The highest BCUT2D eigenvalue weighted by Crippen LogP contribution is 2.32. The molecule has 2 N–H and O–H groups in total. The molecule has 2 unspecified atom stereocenters. The van der Waals surface area contributed by atoms with E-state index in [4.69, 9.17) is 14.7 Å². The smallest absolute Gasteiger partial charge is 0.309 e. The van der Waals surface area contributed by atoms with Gasteiger partial charge < -0.3 is 14.7 Å². The van der Waals surface area contributed by atoms with Crippen LogP contribution >= 0.6 is 12.0 Å². The third kappa shape index (κ3) is 7.42. The summed E-state index contributed by atoms with van der Waals surface area (Å²) in [5.74, 6) is 1.17. The molecule has 0 heterocycles. The summed E-state index contributed by atoms with van der Waals surface area (Å²) in [6, 6.07) is 16.5. The molecule has 4 nitrogen and oxygen atoms in total. The Labute approximate surface area is 196 Å². The highest BCUT2D eigenvalue weighted by atomic mass is 32.2. The molecular formula is C27H35NO3S. The average Bonchev–Trinajstić information content (AvgIpc) is 3.61. The number of rotatable bonds is 13. The Morgan fingerprint density at radius 3 is 2.59 bits per heavy atom. The Kier molecular flexibility index (Phi) is 9.24. The number of ether oxygens (including phenoxy) is 1. The van der Waals surface area contributed by atoms with Crippen LogP contribution in [0.15, 0.2) is 60.7 Å². The summed E-state index contributed by atoms with van der Waals surface area (Å²) in [6.45, 7) is 6.92. The normalized spacial score (nSPS) is 15.1. The van der Waals surface area contributed by atoms with Crippen LogP contribution in [0.5, 0.6) is 5.75 Å². The fraction of sp³-hybridized carbons (Fsp3) is 0.444. The number of carbonyl (C=O) groups excluding carboxylic acids is 1. The molecule has 3 rings (SSSR count). The zero-order valence-electron chi connectivity index (χ0n) is 19.2. The lowest BCUT2D eigenvalue weighted by Crippen LogP contribution is -2.33. The van der Waals surface area contributed by atoms with E-state index < -0.39 is 0 Å². The maximum Gasteiger partial charge on any atom is 0.309 e. The summed E-state index contributed by atoms with van der Waals surface area (Å²) in [5.41, 5.74) is 10.8. The van der Waals surface area contributed by atoms with Gasteiger partial charge in [-0.1, -0.05) is 61.9 Å². The fourth-order valence-electron chi connectivity index (χ4n) is 3.97. The Hall–Kier alpha value is -2.24. The molecule has 2 aromatic rings. The van der Waals surface area contributed by atoms with Crippen LogP contribution in [0.1, 0.15) is 44.6 Å². The second-order valence-electron chi connectivity index (χ2n) is 8.71. The van der Waals surface area contributed by atoms with Crippen molar-refractivity contribution in [2.24, 2.45) is 17.6 Å². The Bertz CT molecular complexity index is 895. The maximum atomic E-state index is 12.4. The molecule has 5 heteroatoms. The van der Waals surface area contributed by atoms with Crippen molar-refractivity contribution in [3.63, 3.8) is 0 Å². The lowest BCUT2D eigenvalue weighted by Gasteiger charge is -2.26. The summed E-state index contributed by atoms with van der Waals surface area (Å²) in [7, 11) is 0. The predicted molar refractivity (Wildman–Crippen MR) is 134 cm³/mol. The van der Waals surface area contributed by atoms with Crippen LogP contribution in [0.3, 0.4) is 0 Å². The molecular weight excluding hydrogens is 418 g/mol. The minimum atomic E-state index is -0.194. The van der Waals surface area contributed by atoms with Crippen molar-refractivity contribution >= 4 is 18.0 Å². The molecule has 172 valence electrons. The first-order chi connectivity index (χ1) is 15.5. The Morgan fingerprint density at radius 2 is 1.94 bits per heavy atom. The second-order valence-corrected chi connectivity index (χ2v) is 9.21. The van der Waals surface area contributed by atoms with Gasteiger partial charge in [0.15, 0.2) is 0 Å². The van der Waals surface area contributed by atoms with E-state index in [2.05, 4.69) is 43.8 Å². The fourth-order valence-corrected chi connectivity index (χ4v) is 4.26. The van der Waals surface area contributed by atoms with Gasteiger partial charge in [0.2, 0.25) is 0 Å². The SMILES string of the molecule is C=C(CC(=O)OCC1CC1)C(Cc1cc(OSC)cc(-c2ccccc2)c1)C(N)CCC. The topological polar surface area (TPSA) is 61.5 Å². The van der Waals surface area contributed by atoms with E-state index in [-0.39, 0.29) is 24.3 Å². The summed E-state index contributed by atoms with van der Waals surface area (Å²) < 4.78 is 11.2. The van der Waals surface area contributed by atoms with E-state index in [1.807, 2.05) is 24.5 Å². The van der Waals surface area contributed by atoms with Crippen molar-refractivity contribution in [3.05, 3.63) is 66.2 Å². The maximum absolute atomic E-state index is 12.4. The minimum Gasteiger partial charge on any atom is -0.465 e. The van der Waals surface area contributed by atoms with Gasteiger partial charge in [-0.05, 0) is 66.3 Å². The van der Waals surface area contributed by atoms with Crippen molar-refractivity contribution < 1.29 is 13.7 Å². The van der Waals surface area contributed by atoms with Crippen LogP contribution in [-0.4, -0.2) is 24.9 Å². The van der Waals surface area contributed by atoms with Crippen LogP contribution in [0, 0.1) is 11.8 Å². The summed E-state index contributed by atoms with van der Waals surface area (Å²) in [4.78, 5) is 12.4. The number of nitrogens with two attached hydrogens (primary N) is 1. The van der Waals surface area contributed by atoms with E-state index in [9.17, 15) is 4.79 Å². The monoisotopic (exact) mass is 453 g/mol.